The largest absolute Gasteiger partial charge is 0.351 e. The zero-order valence-electron chi connectivity index (χ0n) is 13.1. The molecule has 0 aliphatic carbocycles. The van der Waals surface area contributed by atoms with Crippen molar-refractivity contribution in [3.63, 3.8) is 0 Å². The maximum Gasteiger partial charge on any atom is 0.296 e. The summed E-state index contributed by atoms with van der Waals surface area (Å²) >= 11 is 0.748. The summed E-state index contributed by atoms with van der Waals surface area (Å²) in [6, 6.07) is 5.91. The van der Waals surface area contributed by atoms with Gasteiger partial charge < -0.3 is 4.52 Å². The number of nitrogens with zero attached hydrogens (tertiary/aromatic N) is 3. The van der Waals surface area contributed by atoms with Crippen LogP contribution in [0.3, 0.4) is 0 Å². The molecule has 2 aromatic heterocycles. The van der Waals surface area contributed by atoms with Crippen LogP contribution in [0, 0.1) is 17.0 Å². The number of thiazole rings is 1. The van der Waals surface area contributed by atoms with Crippen LogP contribution in [0.1, 0.15) is 16.2 Å². The fraction of sp³-hybridized carbons (Fsp3) is 0.0714. The summed E-state index contributed by atoms with van der Waals surface area (Å²) in [5.41, 5.74) is 0.305. The third-order valence-electron chi connectivity index (χ3n) is 3.18. The number of nitrogens with one attached hydrogen (secondary N) is 1. The van der Waals surface area contributed by atoms with Crippen LogP contribution < -0.4 is 5.32 Å². The lowest BCUT2D eigenvalue weighted by Crippen LogP contribution is -2.10. The van der Waals surface area contributed by atoms with E-state index in [1.807, 2.05) is 0 Å². The molecule has 1 aromatic carbocycles. The number of sulfone groups is 1. The highest BCUT2D eigenvalue weighted by Crippen LogP contribution is 2.29. The van der Waals surface area contributed by atoms with E-state index in [4.69, 9.17) is 4.52 Å². The van der Waals surface area contributed by atoms with Crippen LogP contribution in [0.15, 0.2) is 50.2 Å². The van der Waals surface area contributed by atoms with E-state index in [1.165, 1.54) is 6.07 Å². The topological polar surface area (TPSA) is 145 Å². The summed E-state index contributed by atoms with van der Waals surface area (Å²) in [7, 11) is -3.91. The number of nitro groups is 1. The van der Waals surface area contributed by atoms with Gasteiger partial charge in [0.15, 0.2) is 5.13 Å². The summed E-state index contributed by atoms with van der Waals surface area (Å²) in [6.07, 6.45) is 1.10. The molecule has 0 bridgehead atoms. The van der Waals surface area contributed by atoms with Gasteiger partial charge in [0.2, 0.25) is 15.6 Å². The molecular weight excluding hydrogens is 384 g/mol. The molecule has 1 amide bonds. The molecule has 2 heterocycles. The number of rotatable bonds is 5. The number of aryl methyl sites for hydroxylation is 1. The molecule has 0 atom stereocenters. The normalized spacial score (nSPS) is 11.3. The second-order valence-electron chi connectivity index (χ2n) is 5.03. The van der Waals surface area contributed by atoms with E-state index in [2.05, 4.69) is 15.5 Å². The first-order chi connectivity index (χ1) is 12.3. The zero-order chi connectivity index (χ0) is 18.9. The van der Waals surface area contributed by atoms with E-state index in [0.29, 0.717) is 5.69 Å². The SMILES string of the molecule is Cc1cc(C(=O)Nc2ncc(S(=O)(=O)c3ccc([N+](=O)[O-])cc3)s2)on1. The standard InChI is InChI=1S/C14H10N4O6S2/c1-8-6-11(24-17-8)13(19)16-14-15-7-12(25-14)26(22,23)10-4-2-9(3-5-10)18(20)21/h2-7H,1H3,(H,15,16,19). The van der Waals surface area contributed by atoms with Gasteiger partial charge in [-0.1, -0.05) is 16.5 Å². The van der Waals surface area contributed by atoms with E-state index in [0.717, 1.165) is 41.8 Å². The number of hydrogen-bond donors (Lipinski definition) is 1. The van der Waals surface area contributed by atoms with Crippen LogP contribution in [0.25, 0.3) is 0 Å². The van der Waals surface area contributed by atoms with Crippen LogP contribution in [0.5, 0.6) is 0 Å². The van der Waals surface area contributed by atoms with Gasteiger partial charge in [-0.05, 0) is 19.1 Å². The van der Waals surface area contributed by atoms with Gasteiger partial charge in [0.1, 0.15) is 4.21 Å². The third kappa shape index (κ3) is 3.45. The van der Waals surface area contributed by atoms with Gasteiger partial charge in [-0.2, -0.15) is 0 Å². The minimum Gasteiger partial charge on any atom is -0.351 e. The number of aromatic nitrogens is 2. The maximum atomic E-state index is 12.5. The first kappa shape index (κ1) is 17.7. The first-order valence-corrected chi connectivity index (χ1v) is 9.27. The summed E-state index contributed by atoms with van der Waals surface area (Å²) in [4.78, 5) is 25.7. The van der Waals surface area contributed by atoms with Gasteiger partial charge in [0.05, 0.1) is 21.7 Å². The van der Waals surface area contributed by atoms with Crippen molar-refractivity contribution in [2.24, 2.45) is 0 Å². The fourth-order valence-corrected chi connectivity index (χ4v) is 4.36. The monoisotopic (exact) mass is 394 g/mol. The minimum absolute atomic E-state index is 0.0301. The number of benzene rings is 1. The van der Waals surface area contributed by atoms with Crippen LogP contribution in [0.2, 0.25) is 0 Å². The van der Waals surface area contributed by atoms with Crippen molar-refractivity contribution in [1.82, 2.24) is 10.1 Å². The van der Waals surface area contributed by atoms with Crippen molar-refractivity contribution >= 4 is 37.9 Å². The molecule has 10 nitrogen and oxygen atoms in total. The number of carbonyl (C=O) groups is 1. The Balaban J connectivity index is 1.81. The minimum atomic E-state index is -3.91. The summed E-state index contributed by atoms with van der Waals surface area (Å²) in [6.45, 7) is 1.65. The molecular formula is C14H10N4O6S2. The average molecular weight is 394 g/mol. The van der Waals surface area contributed by atoms with Crippen LogP contribution >= 0.6 is 11.3 Å². The average Bonchev–Trinajstić information content (AvgIpc) is 3.24. The van der Waals surface area contributed by atoms with Gasteiger partial charge in [0, 0.05) is 18.2 Å². The molecule has 0 saturated heterocycles. The lowest BCUT2D eigenvalue weighted by molar-refractivity contribution is -0.384. The smallest absolute Gasteiger partial charge is 0.296 e. The Hall–Kier alpha value is -3.12. The molecule has 134 valence electrons. The van der Waals surface area contributed by atoms with Crippen molar-refractivity contribution in [2.75, 3.05) is 5.32 Å². The second-order valence-corrected chi connectivity index (χ2v) is 8.23. The number of carbonyl (C=O) groups excluding carboxylic acids is 1. The van der Waals surface area contributed by atoms with Gasteiger partial charge in [-0.15, -0.1) is 0 Å². The van der Waals surface area contributed by atoms with Crippen molar-refractivity contribution in [2.45, 2.75) is 16.0 Å². The first-order valence-electron chi connectivity index (χ1n) is 6.97. The molecule has 1 N–H and O–H groups in total. The number of non-ortho nitro benzene ring substituents is 1. The molecule has 3 aromatic rings. The predicted molar refractivity (Wildman–Crippen MR) is 89.9 cm³/mol. The summed E-state index contributed by atoms with van der Waals surface area (Å²) in [5.74, 6) is -0.642. The Kier molecular flexibility index (Phi) is 4.52. The Labute approximate surface area is 150 Å². The highest BCUT2D eigenvalue weighted by atomic mass is 32.2. The number of nitro benzene ring substituents is 1. The Bertz CT molecular complexity index is 1080. The second kappa shape index (κ2) is 6.65. The van der Waals surface area contributed by atoms with Gasteiger partial charge in [-0.3, -0.25) is 20.2 Å². The van der Waals surface area contributed by atoms with Crippen LogP contribution in [-0.2, 0) is 9.84 Å². The molecule has 0 aliphatic heterocycles. The lowest BCUT2D eigenvalue weighted by Gasteiger charge is -2.00. The highest BCUT2D eigenvalue weighted by Gasteiger charge is 2.23. The fourth-order valence-electron chi connectivity index (χ4n) is 1.93. The predicted octanol–water partition coefficient (Wildman–Crippen LogP) is 2.43. The summed E-state index contributed by atoms with van der Waals surface area (Å²) < 4.78 is 29.8. The molecule has 0 radical (unpaired) electrons. The quantitative estimate of drug-likeness (QED) is 0.513. The third-order valence-corrected chi connectivity index (χ3v) is 6.32. The molecule has 0 saturated carbocycles. The Morgan fingerprint density at radius 1 is 1.31 bits per heavy atom. The maximum absolute atomic E-state index is 12.5. The number of amides is 1. The number of hydrogen-bond acceptors (Lipinski definition) is 9. The summed E-state index contributed by atoms with van der Waals surface area (Å²) in [5, 5.41) is 16.7. The zero-order valence-corrected chi connectivity index (χ0v) is 14.7. The molecule has 0 spiro atoms. The van der Waals surface area contributed by atoms with Gasteiger partial charge >= 0.3 is 0 Å². The molecule has 0 aliphatic rings. The van der Waals surface area contributed by atoms with Gasteiger partial charge in [0.25, 0.3) is 11.6 Å². The van der Waals surface area contributed by atoms with Crippen molar-refractivity contribution < 1.29 is 22.7 Å². The molecule has 12 heteroatoms. The van der Waals surface area contributed by atoms with Gasteiger partial charge in [-0.25, -0.2) is 13.4 Å². The van der Waals surface area contributed by atoms with E-state index in [9.17, 15) is 23.3 Å². The molecule has 0 unspecified atom stereocenters. The van der Waals surface area contributed by atoms with Crippen LogP contribution in [0.4, 0.5) is 10.8 Å². The molecule has 3 rings (SSSR count). The van der Waals surface area contributed by atoms with Crippen molar-refractivity contribution in [1.29, 1.82) is 0 Å². The molecule has 0 fully saturated rings. The van der Waals surface area contributed by atoms with E-state index >= 15 is 0 Å². The molecule has 26 heavy (non-hydrogen) atoms. The Morgan fingerprint density at radius 2 is 2.00 bits per heavy atom. The lowest BCUT2D eigenvalue weighted by atomic mass is 10.3. The Morgan fingerprint density at radius 3 is 2.58 bits per heavy atom. The van der Waals surface area contributed by atoms with Crippen molar-refractivity contribution in [3.05, 3.63) is 58.1 Å². The number of anilines is 1. The highest BCUT2D eigenvalue weighted by molar-refractivity contribution is 7.93. The van der Waals surface area contributed by atoms with Crippen molar-refractivity contribution in [3.8, 4) is 0 Å². The van der Waals surface area contributed by atoms with E-state index < -0.39 is 20.7 Å². The van der Waals surface area contributed by atoms with E-state index in [1.54, 1.807) is 6.92 Å². The van der Waals surface area contributed by atoms with E-state index in [-0.39, 0.29) is 25.7 Å². The van der Waals surface area contributed by atoms with Crippen LogP contribution in [-0.4, -0.2) is 29.4 Å².